The lowest BCUT2D eigenvalue weighted by atomic mass is 10.1. The van der Waals surface area contributed by atoms with Gasteiger partial charge in [-0.2, -0.15) is 5.10 Å². The summed E-state index contributed by atoms with van der Waals surface area (Å²) in [6.45, 7) is 1.70. The predicted molar refractivity (Wildman–Crippen MR) is 101 cm³/mol. The molecular formula is C19H17ClN4O3. The van der Waals surface area contributed by atoms with Crippen LogP contribution < -0.4 is 15.6 Å². The van der Waals surface area contributed by atoms with E-state index in [4.69, 9.17) is 16.3 Å². The second-order valence-corrected chi connectivity index (χ2v) is 6.21. The molecular weight excluding hydrogens is 368 g/mol. The highest BCUT2D eigenvalue weighted by molar-refractivity contribution is 6.30. The van der Waals surface area contributed by atoms with Gasteiger partial charge in [-0.3, -0.25) is 25.5 Å². The van der Waals surface area contributed by atoms with Crippen molar-refractivity contribution >= 4 is 23.4 Å². The molecule has 1 heterocycles. The molecule has 0 fully saturated rings. The fourth-order valence-electron chi connectivity index (χ4n) is 2.38. The fourth-order valence-corrected chi connectivity index (χ4v) is 2.50. The number of halogens is 1. The number of nitrogens with zero attached hydrogens (tertiary/aromatic N) is 1. The molecule has 7 nitrogen and oxygen atoms in total. The number of carbonyl (C=O) groups excluding carboxylic acids is 2. The van der Waals surface area contributed by atoms with Crippen molar-refractivity contribution in [3.05, 3.63) is 70.9 Å². The van der Waals surface area contributed by atoms with Crippen molar-refractivity contribution in [1.82, 2.24) is 21.0 Å². The van der Waals surface area contributed by atoms with Gasteiger partial charge in [0.25, 0.3) is 11.8 Å². The van der Waals surface area contributed by atoms with E-state index < -0.39 is 11.8 Å². The highest BCUT2D eigenvalue weighted by atomic mass is 35.5. The van der Waals surface area contributed by atoms with E-state index in [0.717, 1.165) is 11.1 Å². The summed E-state index contributed by atoms with van der Waals surface area (Å²) >= 11 is 5.88. The van der Waals surface area contributed by atoms with Crippen LogP contribution in [0.15, 0.2) is 54.7 Å². The van der Waals surface area contributed by atoms with Crippen LogP contribution in [0.5, 0.6) is 5.75 Å². The maximum atomic E-state index is 12.3. The van der Waals surface area contributed by atoms with Gasteiger partial charge in [-0.15, -0.1) is 0 Å². The van der Waals surface area contributed by atoms with Crippen LogP contribution in [0.25, 0.3) is 11.3 Å². The standard InChI is InChI=1S/C19H17ClN4O3/c1-12-3-2-4-15(9-12)27-11-17(25)22-24-19(26)16-10-21-23-18(16)13-5-7-14(20)8-6-13/h2-10H,11H2,1H3,(H,21,23)(H,22,25)(H,24,26). The Labute approximate surface area is 160 Å². The Bertz CT molecular complexity index is 954. The molecule has 0 unspecified atom stereocenters. The number of ether oxygens (including phenoxy) is 1. The Kier molecular flexibility index (Phi) is 5.73. The first kappa shape index (κ1) is 18.5. The van der Waals surface area contributed by atoms with E-state index in [-0.39, 0.29) is 12.2 Å². The minimum atomic E-state index is -0.502. The monoisotopic (exact) mass is 384 g/mol. The Hall–Kier alpha value is -3.32. The summed E-state index contributed by atoms with van der Waals surface area (Å²) in [5, 5.41) is 7.26. The van der Waals surface area contributed by atoms with E-state index in [2.05, 4.69) is 21.0 Å². The molecule has 0 spiro atoms. The van der Waals surface area contributed by atoms with E-state index in [9.17, 15) is 9.59 Å². The molecule has 8 heteroatoms. The molecule has 3 rings (SSSR count). The predicted octanol–water partition coefficient (Wildman–Crippen LogP) is 2.88. The Morgan fingerprint density at radius 3 is 2.67 bits per heavy atom. The molecule has 2 aromatic carbocycles. The van der Waals surface area contributed by atoms with Gasteiger partial charge in [-0.05, 0) is 36.8 Å². The van der Waals surface area contributed by atoms with Crippen LogP contribution in [0.3, 0.4) is 0 Å². The lowest BCUT2D eigenvalue weighted by Gasteiger charge is -2.09. The van der Waals surface area contributed by atoms with Crippen LogP contribution in [0, 0.1) is 6.92 Å². The number of aromatic amines is 1. The highest BCUT2D eigenvalue weighted by Crippen LogP contribution is 2.22. The van der Waals surface area contributed by atoms with E-state index in [1.165, 1.54) is 6.20 Å². The third-order valence-corrected chi connectivity index (χ3v) is 3.94. The number of hydrogen-bond donors (Lipinski definition) is 3. The maximum Gasteiger partial charge on any atom is 0.276 e. The zero-order chi connectivity index (χ0) is 19.2. The first-order valence-corrected chi connectivity index (χ1v) is 8.48. The first-order chi connectivity index (χ1) is 13.0. The Morgan fingerprint density at radius 2 is 1.93 bits per heavy atom. The molecule has 1 aromatic heterocycles. The number of aryl methyl sites for hydroxylation is 1. The van der Waals surface area contributed by atoms with Crippen LogP contribution >= 0.6 is 11.6 Å². The normalized spacial score (nSPS) is 10.3. The number of aromatic nitrogens is 2. The molecule has 0 bridgehead atoms. The minimum Gasteiger partial charge on any atom is -0.484 e. The van der Waals surface area contributed by atoms with Gasteiger partial charge in [0.1, 0.15) is 5.75 Å². The summed E-state index contributed by atoms with van der Waals surface area (Å²) in [4.78, 5) is 24.2. The van der Waals surface area contributed by atoms with Crippen molar-refractivity contribution in [1.29, 1.82) is 0 Å². The van der Waals surface area contributed by atoms with Gasteiger partial charge >= 0.3 is 0 Å². The molecule has 138 valence electrons. The second kappa shape index (κ2) is 8.37. The van der Waals surface area contributed by atoms with Crippen molar-refractivity contribution in [2.75, 3.05) is 6.61 Å². The van der Waals surface area contributed by atoms with Crippen molar-refractivity contribution in [2.24, 2.45) is 0 Å². The SMILES string of the molecule is Cc1cccc(OCC(=O)NNC(=O)c2cn[nH]c2-c2ccc(Cl)cc2)c1. The number of rotatable bonds is 5. The van der Waals surface area contributed by atoms with Crippen LogP contribution in [-0.4, -0.2) is 28.6 Å². The minimum absolute atomic E-state index is 0.223. The molecule has 0 atom stereocenters. The molecule has 3 aromatic rings. The third-order valence-electron chi connectivity index (χ3n) is 3.69. The van der Waals surface area contributed by atoms with Crippen LogP contribution in [0.1, 0.15) is 15.9 Å². The molecule has 27 heavy (non-hydrogen) atoms. The van der Waals surface area contributed by atoms with Crippen molar-refractivity contribution in [3.8, 4) is 17.0 Å². The zero-order valence-electron chi connectivity index (χ0n) is 14.5. The van der Waals surface area contributed by atoms with Crippen LogP contribution in [0.4, 0.5) is 0 Å². The summed E-state index contributed by atoms with van der Waals surface area (Å²) in [6, 6.07) is 14.3. The third kappa shape index (κ3) is 4.86. The van der Waals surface area contributed by atoms with Crippen LogP contribution in [-0.2, 0) is 4.79 Å². The second-order valence-electron chi connectivity index (χ2n) is 5.77. The molecule has 0 radical (unpaired) electrons. The van der Waals surface area contributed by atoms with Crippen molar-refractivity contribution < 1.29 is 14.3 Å². The molecule has 0 saturated carbocycles. The van der Waals surface area contributed by atoms with Crippen molar-refractivity contribution in [2.45, 2.75) is 6.92 Å². The van der Waals surface area contributed by atoms with Gasteiger partial charge in [0, 0.05) is 10.6 Å². The van der Waals surface area contributed by atoms with Gasteiger partial charge in [0.2, 0.25) is 0 Å². The largest absolute Gasteiger partial charge is 0.484 e. The molecule has 2 amide bonds. The van der Waals surface area contributed by atoms with E-state index in [1.807, 2.05) is 25.1 Å². The number of benzene rings is 2. The topological polar surface area (TPSA) is 96.1 Å². The molecule has 3 N–H and O–H groups in total. The fraction of sp³-hybridized carbons (Fsp3) is 0.105. The average Bonchev–Trinajstić information content (AvgIpc) is 3.15. The van der Waals surface area contributed by atoms with Gasteiger partial charge in [0.15, 0.2) is 6.61 Å². The number of hydrazine groups is 1. The van der Waals surface area contributed by atoms with Crippen LogP contribution in [0.2, 0.25) is 5.02 Å². The molecule has 0 aliphatic carbocycles. The summed E-state index contributed by atoms with van der Waals surface area (Å²) < 4.78 is 5.38. The lowest BCUT2D eigenvalue weighted by Crippen LogP contribution is -2.43. The molecule has 0 aliphatic rings. The van der Waals surface area contributed by atoms with E-state index in [0.29, 0.717) is 16.5 Å². The lowest BCUT2D eigenvalue weighted by molar-refractivity contribution is -0.123. The summed E-state index contributed by atoms with van der Waals surface area (Å²) in [5.41, 5.74) is 7.25. The smallest absolute Gasteiger partial charge is 0.276 e. The number of H-pyrrole nitrogens is 1. The average molecular weight is 385 g/mol. The maximum absolute atomic E-state index is 12.3. The molecule has 0 aliphatic heterocycles. The van der Waals surface area contributed by atoms with Gasteiger partial charge in [0.05, 0.1) is 17.5 Å². The number of nitrogens with one attached hydrogen (secondary N) is 3. The zero-order valence-corrected chi connectivity index (χ0v) is 15.2. The number of hydrogen-bond acceptors (Lipinski definition) is 4. The van der Waals surface area contributed by atoms with Gasteiger partial charge in [-0.1, -0.05) is 35.9 Å². The highest BCUT2D eigenvalue weighted by Gasteiger charge is 2.16. The Balaban J connectivity index is 1.56. The van der Waals surface area contributed by atoms with E-state index >= 15 is 0 Å². The van der Waals surface area contributed by atoms with Gasteiger partial charge < -0.3 is 4.74 Å². The van der Waals surface area contributed by atoms with Gasteiger partial charge in [-0.25, -0.2) is 0 Å². The molecule has 0 saturated heterocycles. The number of carbonyl (C=O) groups is 2. The number of amides is 2. The Morgan fingerprint density at radius 1 is 1.15 bits per heavy atom. The summed E-state index contributed by atoms with van der Waals surface area (Å²) in [7, 11) is 0. The van der Waals surface area contributed by atoms with E-state index in [1.54, 1.807) is 30.3 Å². The summed E-state index contributed by atoms with van der Waals surface area (Å²) in [5.74, 6) is -0.407. The quantitative estimate of drug-likeness (QED) is 0.589. The summed E-state index contributed by atoms with van der Waals surface area (Å²) in [6.07, 6.45) is 1.38. The first-order valence-electron chi connectivity index (χ1n) is 8.11. The van der Waals surface area contributed by atoms with Crippen molar-refractivity contribution in [3.63, 3.8) is 0 Å².